The van der Waals surface area contributed by atoms with E-state index in [1.54, 1.807) is 13.8 Å². The number of fused-ring (bicyclic) bond motifs is 2. The van der Waals surface area contributed by atoms with Crippen molar-refractivity contribution in [1.29, 1.82) is 0 Å². The van der Waals surface area contributed by atoms with Crippen molar-refractivity contribution in [3.05, 3.63) is 0 Å². The maximum Gasteiger partial charge on any atom is 0.417 e. The summed E-state index contributed by atoms with van der Waals surface area (Å²) in [6, 6.07) is -0.737. The van der Waals surface area contributed by atoms with Crippen LogP contribution in [0.2, 0.25) is 0 Å². The smallest absolute Gasteiger partial charge is 0.375 e. The molecule has 0 aromatic heterocycles. The average Bonchev–Trinajstić information content (AvgIpc) is 2.53. The average molecular weight is 220 g/mol. The summed E-state index contributed by atoms with van der Waals surface area (Å²) in [5.41, 5.74) is -1.29. The molecule has 2 nitrogen and oxygen atoms in total. The van der Waals surface area contributed by atoms with E-state index in [1.807, 2.05) is 0 Å². The molecule has 5 atom stereocenters. The van der Waals surface area contributed by atoms with Crippen LogP contribution < -0.4 is 0 Å². The summed E-state index contributed by atoms with van der Waals surface area (Å²) in [6.07, 6.45) is -6.62. The SMILES string of the molecule is [B][C@@H]1O[C@]2(CC)C(C)[C@@H]1OC2C(F)(F)F. The molecular weight excluding hydrogens is 208 g/mol. The van der Waals surface area contributed by atoms with E-state index in [4.69, 9.17) is 17.3 Å². The van der Waals surface area contributed by atoms with Gasteiger partial charge in [-0.25, -0.2) is 0 Å². The fraction of sp³-hybridized carbons (Fsp3) is 1.00. The number of hydrogen-bond donors (Lipinski definition) is 0. The van der Waals surface area contributed by atoms with Gasteiger partial charge in [-0.05, 0) is 6.42 Å². The molecule has 0 spiro atoms. The van der Waals surface area contributed by atoms with E-state index < -0.39 is 30.0 Å². The van der Waals surface area contributed by atoms with Gasteiger partial charge in [0, 0.05) is 11.9 Å². The maximum atomic E-state index is 12.7. The van der Waals surface area contributed by atoms with Crippen LogP contribution in [0.3, 0.4) is 0 Å². The third kappa shape index (κ3) is 1.34. The van der Waals surface area contributed by atoms with Gasteiger partial charge in [-0.15, -0.1) is 0 Å². The molecule has 15 heavy (non-hydrogen) atoms. The molecule has 0 N–H and O–H groups in total. The second-order valence-corrected chi connectivity index (χ2v) is 4.20. The highest BCUT2D eigenvalue weighted by Crippen LogP contribution is 2.53. The van der Waals surface area contributed by atoms with E-state index in [0.717, 1.165) is 0 Å². The van der Waals surface area contributed by atoms with Crippen LogP contribution in [0.25, 0.3) is 0 Å². The van der Waals surface area contributed by atoms with Crippen LogP contribution in [0.1, 0.15) is 20.3 Å². The third-order valence-electron chi connectivity index (χ3n) is 3.53. The van der Waals surface area contributed by atoms with Crippen molar-refractivity contribution >= 4 is 7.85 Å². The molecule has 2 aliphatic heterocycles. The Hall–Kier alpha value is -0.225. The van der Waals surface area contributed by atoms with Gasteiger partial charge in [0.15, 0.2) is 6.10 Å². The molecule has 2 bridgehead atoms. The van der Waals surface area contributed by atoms with Gasteiger partial charge in [0.2, 0.25) is 0 Å². The van der Waals surface area contributed by atoms with Crippen LogP contribution in [0, 0.1) is 5.92 Å². The van der Waals surface area contributed by atoms with Gasteiger partial charge in [0.25, 0.3) is 0 Å². The Labute approximate surface area is 87.5 Å². The number of hydrogen-bond acceptors (Lipinski definition) is 2. The maximum absolute atomic E-state index is 12.7. The van der Waals surface area contributed by atoms with Gasteiger partial charge in [0.1, 0.15) is 13.4 Å². The largest absolute Gasteiger partial charge is 0.417 e. The van der Waals surface area contributed by atoms with Crippen LogP contribution in [-0.4, -0.2) is 37.8 Å². The van der Waals surface area contributed by atoms with Crippen molar-refractivity contribution in [1.82, 2.24) is 0 Å². The predicted octanol–water partition coefficient (Wildman–Crippen LogP) is 1.63. The third-order valence-corrected chi connectivity index (χ3v) is 3.53. The Balaban J connectivity index is 2.33. The van der Waals surface area contributed by atoms with Gasteiger partial charge in [-0.1, -0.05) is 13.8 Å². The zero-order valence-corrected chi connectivity index (χ0v) is 8.54. The van der Waals surface area contributed by atoms with E-state index in [0.29, 0.717) is 0 Å². The number of halogens is 3. The molecule has 0 aromatic rings. The van der Waals surface area contributed by atoms with E-state index in [1.165, 1.54) is 0 Å². The molecule has 0 aliphatic carbocycles. The first-order valence-electron chi connectivity index (χ1n) is 4.98. The monoisotopic (exact) mass is 220 g/mol. The summed E-state index contributed by atoms with van der Waals surface area (Å²) in [7, 11) is 5.56. The molecule has 84 valence electrons. The topological polar surface area (TPSA) is 18.5 Å². The summed E-state index contributed by atoms with van der Waals surface area (Å²) in [6.45, 7) is 3.37. The molecule has 2 heterocycles. The Morgan fingerprint density at radius 2 is 2.00 bits per heavy atom. The molecule has 2 fully saturated rings. The van der Waals surface area contributed by atoms with Gasteiger partial charge in [0.05, 0.1) is 6.10 Å². The lowest BCUT2D eigenvalue weighted by Crippen LogP contribution is -2.53. The number of rotatable bonds is 1. The van der Waals surface area contributed by atoms with Gasteiger partial charge < -0.3 is 9.47 Å². The number of alkyl halides is 3. The van der Waals surface area contributed by atoms with Crippen molar-refractivity contribution in [3.8, 4) is 0 Å². The molecular formula is C9H12BF3O2. The molecule has 6 heteroatoms. The molecule has 2 unspecified atom stereocenters. The summed E-state index contributed by atoms with van der Waals surface area (Å²) >= 11 is 0. The first kappa shape index (κ1) is 11.3. The van der Waals surface area contributed by atoms with E-state index in [9.17, 15) is 13.2 Å². The highest BCUT2D eigenvalue weighted by atomic mass is 19.4. The predicted molar refractivity (Wildman–Crippen MR) is 47.5 cm³/mol. The van der Waals surface area contributed by atoms with Gasteiger partial charge in [-0.3, -0.25) is 0 Å². The second kappa shape index (κ2) is 3.14. The lowest BCUT2D eigenvalue weighted by atomic mass is 9.81. The molecule has 0 aromatic carbocycles. The van der Waals surface area contributed by atoms with Crippen molar-refractivity contribution in [2.24, 2.45) is 5.92 Å². The molecule has 0 amide bonds. The summed E-state index contributed by atoms with van der Waals surface area (Å²) in [5.74, 6) is -0.316. The zero-order valence-electron chi connectivity index (χ0n) is 8.54. The van der Waals surface area contributed by atoms with Crippen LogP contribution >= 0.6 is 0 Å². The van der Waals surface area contributed by atoms with Gasteiger partial charge >= 0.3 is 6.18 Å². The highest BCUT2D eigenvalue weighted by molar-refractivity contribution is 6.11. The van der Waals surface area contributed by atoms with Crippen molar-refractivity contribution in [2.45, 2.75) is 50.3 Å². The minimum absolute atomic E-state index is 0.253. The van der Waals surface area contributed by atoms with Crippen LogP contribution in [-0.2, 0) is 9.47 Å². The van der Waals surface area contributed by atoms with E-state index >= 15 is 0 Å². The fourth-order valence-corrected chi connectivity index (χ4v) is 2.70. The minimum atomic E-state index is -4.39. The molecule has 2 saturated heterocycles. The van der Waals surface area contributed by atoms with Gasteiger partial charge in [-0.2, -0.15) is 13.2 Å². The minimum Gasteiger partial charge on any atom is -0.375 e. The molecule has 2 rings (SSSR count). The zero-order chi connectivity index (χ0) is 11.4. The molecule has 2 radical (unpaired) electrons. The van der Waals surface area contributed by atoms with E-state index in [-0.39, 0.29) is 12.3 Å². The normalized spacial score (nSPS) is 49.9. The Bertz CT molecular complexity index is 271. The lowest BCUT2D eigenvalue weighted by Gasteiger charge is -2.37. The summed E-state index contributed by atoms with van der Waals surface area (Å²) in [4.78, 5) is 0. The number of ether oxygens (including phenoxy) is 2. The van der Waals surface area contributed by atoms with Crippen LogP contribution in [0.15, 0.2) is 0 Å². The standard InChI is InChI=1S/C9H12BF3O2/c1-3-8-4(2)5(6(10)15-8)14-7(8)9(11,12)13/h4-7H,3H2,1-2H3/t4?,5-,6+,7?,8+/m0/s1. The van der Waals surface area contributed by atoms with Crippen LogP contribution in [0.5, 0.6) is 0 Å². The lowest BCUT2D eigenvalue weighted by molar-refractivity contribution is -0.287. The molecule has 2 aliphatic rings. The van der Waals surface area contributed by atoms with Crippen molar-refractivity contribution < 1.29 is 22.6 Å². The quantitative estimate of drug-likeness (QED) is 0.625. The Morgan fingerprint density at radius 1 is 1.40 bits per heavy atom. The first-order chi connectivity index (χ1) is 6.83. The van der Waals surface area contributed by atoms with Crippen LogP contribution in [0.4, 0.5) is 13.2 Å². The fourth-order valence-electron chi connectivity index (χ4n) is 2.70. The Kier molecular flexibility index (Phi) is 2.36. The second-order valence-electron chi connectivity index (χ2n) is 4.20. The highest BCUT2D eigenvalue weighted by Gasteiger charge is 2.69. The summed E-state index contributed by atoms with van der Waals surface area (Å²) < 4.78 is 48.4. The van der Waals surface area contributed by atoms with E-state index in [2.05, 4.69) is 0 Å². The molecule has 0 saturated carbocycles. The van der Waals surface area contributed by atoms with Crippen molar-refractivity contribution in [3.63, 3.8) is 0 Å². The van der Waals surface area contributed by atoms with Crippen molar-refractivity contribution in [2.75, 3.05) is 0 Å². The summed E-state index contributed by atoms with van der Waals surface area (Å²) in [5, 5.41) is 0. The Morgan fingerprint density at radius 3 is 2.40 bits per heavy atom. The first-order valence-corrected chi connectivity index (χ1v) is 4.98.